The number of likely N-dealkylation sites (N-methyl/N-ethyl adjacent to an activating group) is 1. The minimum atomic E-state index is -0.157. The largest absolute Gasteiger partial charge is 0.472 e. The van der Waals surface area contributed by atoms with Crippen molar-refractivity contribution in [1.82, 2.24) is 4.90 Å². The molecular formula is C12H19NO2. The summed E-state index contributed by atoms with van der Waals surface area (Å²) in [5, 5.41) is 9.90. The number of furan rings is 1. The van der Waals surface area contributed by atoms with E-state index in [1.54, 1.807) is 12.5 Å². The summed E-state index contributed by atoms with van der Waals surface area (Å²) < 4.78 is 5.04. The number of hydrogen-bond donors (Lipinski definition) is 1. The van der Waals surface area contributed by atoms with Crippen LogP contribution in [0.3, 0.4) is 0 Å². The summed E-state index contributed by atoms with van der Waals surface area (Å²) in [7, 11) is 2.08. The Morgan fingerprint density at radius 1 is 1.47 bits per heavy atom. The van der Waals surface area contributed by atoms with E-state index < -0.39 is 0 Å². The lowest BCUT2D eigenvalue weighted by Crippen LogP contribution is -2.42. The number of rotatable bonds is 3. The van der Waals surface area contributed by atoms with Gasteiger partial charge in [0, 0.05) is 18.2 Å². The lowest BCUT2D eigenvalue weighted by atomic mass is 9.91. The third-order valence-electron chi connectivity index (χ3n) is 3.27. The monoisotopic (exact) mass is 209 g/mol. The third kappa shape index (κ3) is 2.61. The minimum absolute atomic E-state index is 0.157. The first-order valence-corrected chi connectivity index (χ1v) is 5.67. The van der Waals surface area contributed by atoms with Gasteiger partial charge in [-0.15, -0.1) is 0 Å². The maximum atomic E-state index is 9.90. The molecule has 2 rings (SSSR count). The second-order valence-electron chi connectivity index (χ2n) is 4.47. The summed E-state index contributed by atoms with van der Waals surface area (Å²) in [4.78, 5) is 2.23. The van der Waals surface area contributed by atoms with Crippen molar-refractivity contribution >= 4 is 0 Å². The Kier molecular flexibility index (Phi) is 3.44. The molecule has 0 bridgehead atoms. The zero-order valence-electron chi connectivity index (χ0n) is 9.22. The Morgan fingerprint density at radius 3 is 2.93 bits per heavy atom. The topological polar surface area (TPSA) is 36.6 Å². The van der Waals surface area contributed by atoms with Gasteiger partial charge in [-0.2, -0.15) is 0 Å². The molecule has 1 heterocycles. The summed E-state index contributed by atoms with van der Waals surface area (Å²) >= 11 is 0. The highest BCUT2D eigenvalue weighted by Crippen LogP contribution is 2.23. The molecule has 1 saturated carbocycles. The van der Waals surface area contributed by atoms with Gasteiger partial charge in [0.1, 0.15) is 0 Å². The Hall–Kier alpha value is -0.800. The van der Waals surface area contributed by atoms with Crippen LogP contribution in [0.15, 0.2) is 23.0 Å². The molecule has 15 heavy (non-hydrogen) atoms. The highest BCUT2D eigenvalue weighted by Gasteiger charge is 2.26. The second-order valence-corrected chi connectivity index (χ2v) is 4.47. The molecule has 1 aliphatic carbocycles. The quantitative estimate of drug-likeness (QED) is 0.827. The molecule has 0 unspecified atom stereocenters. The smallest absolute Gasteiger partial charge is 0.0947 e. The zero-order chi connectivity index (χ0) is 10.7. The highest BCUT2D eigenvalue weighted by molar-refractivity contribution is 5.05. The van der Waals surface area contributed by atoms with Gasteiger partial charge >= 0.3 is 0 Å². The van der Waals surface area contributed by atoms with Crippen molar-refractivity contribution in [3.05, 3.63) is 24.2 Å². The van der Waals surface area contributed by atoms with E-state index in [0.29, 0.717) is 6.04 Å². The van der Waals surface area contributed by atoms with E-state index in [2.05, 4.69) is 11.9 Å². The minimum Gasteiger partial charge on any atom is -0.472 e. The number of hydrogen-bond acceptors (Lipinski definition) is 3. The average molecular weight is 209 g/mol. The zero-order valence-corrected chi connectivity index (χ0v) is 9.22. The first-order chi connectivity index (χ1) is 7.27. The normalized spacial score (nSPS) is 27.1. The molecule has 1 aromatic heterocycles. The molecule has 84 valence electrons. The van der Waals surface area contributed by atoms with Crippen molar-refractivity contribution in [2.24, 2.45) is 0 Å². The van der Waals surface area contributed by atoms with Crippen LogP contribution in [0.25, 0.3) is 0 Å². The predicted octanol–water partition coefficient (Wildman–Crippen LogP) is 2.01. The van der Waals surface area contributed by atoms with Gasteiger partial charge in [-0.1, -0.05) is 12.8 Å². The fraction of sp³-hybridized carbons (Fsp3) is 0.667. The number of nitrogens with zero attached hydrogens (tertiary/aromatic N) is 1. The summed E-state index contributed by atoms with van der Waals surface area (Å²) in [6.45, 7) is 0.859. The molecule has 3 nitrogen and oxygen atoms in total. The van der Waals surface area contributed by atoms with E-state index in [1.807, 2.05) is 6.07 Å². The van der Waals surface area contributed by atoms with Gasteiger partial charge in [-0.3, -0.25) is 4.90 Å². The van der Waals surface area contributed by atoms with Crippen LogP contribution in [-0.2, 0) is 6.54 Å². The maximum Gasteiger partial charge on any atom is 0.0947 e. The molecule has 1 N–H and O–H groups in total. The van der Waals surface area contributed by atoms with Crippen LogP contribution < -0.4 is 0 Å². The van der Waals surface area contributed by atoms with Crippen LogP contribution in [-0.4, -0.2) is 29.2 Å². The molecule has 0 spiro atoms. The fourth-order valence-electron chi connectivity index (χ4n) is 2.39. The van der Waals surface area contributed by atoms with Crippen molar-refractivity contribution in [2.75, 3.05) is 7.05 Å². The molecule has 1 aliphatic rings. The molecular weight excluding hydrogens is 190 g/mol. The summed E-state index contributed by atoms with van der Waals surface area (Å²) in [6.07, 6.45) is 7.76. The lowest BCUT2D eigenvalue weighted by Gasteiger charge is -2.34. The lowest BCUT2D eigenvalue weighted by molar-refractivity contribution is 0.0288. The molecule has 1 aromatic rings. The van der Waals surface area contributed by atoms with E-state index in [-0.39, 0.29) is 6.10 Å². The Morgan fingerprint density at radius 2 is 2.27 bits per heavy atom. The Bertz CT molecular complexity index is 284. The SMILES string of the molecule is CN(Cc1ccoc1)[C@@H]1CCCC[C@H]1O. The molecule has 1 fully saturated rings. The van der Waals surface area contributed by atoms with Gasteiger partial charge in [0.2, 0.25) is 0 Å². The third-order valence-corrected chi connectivity index (χ3v) is 3.27. The molecule has 0 saturated heterocycles. The van der Waals surface area contributed by atoms with E-state index in [1.165, 1.54) is 12.0 Å². The number of aliphatic hydroxyl groups is 1. The summed E-state index contributed by atoms with van der Waals surface area (Å²) in [6, 6.07) is 2.29. The second kappa shape index (κ2) is 4.81. The van der Waals surface area contributed by atoms with E-state index in [9.17, 15) is 5.11 Å². The first-order valence-electron chi connectivity index (χ1n) is 5.67. The van der Waals surface area contributed by atoms with Crippen molar-refractivity contribution in [3.63, 3.8) is 0 Å². The van der Waals surface area contributed by atoms with Crippen LogP contribution in [0, 0.1) is 0 Å². The van der Waals surface area contributed by atoms with Crippen molar-refractivity contribution in [3.8, 4) is 0 Å². The van der Waals surface area contributed by atoms with Crippen LogP contribution in [0.2, 0.25) is 0 Å². The van der Waals surface area contributed by atoms with Crippen molar-refractivity contribution < 1.29 is 9.52 Å². The summed E-state index contributed by atoms with van der Waals surface area (Å²) in [5.74, 6) is 0. The average Bonchev–Trinajstić information content (AvgIpc) is 2.71. The van der Waals surface area contributed by atoms with E-state index >= 15 is 0 Å². The van der Waals surface area contributed by atoms with Crippen molar-refractivity contribution in [1.29, 1.82) is 0 Å². The van der Waals surface area contributed by atoms with Gasteiger partial charge in [0.25, 0.3) is 0 Å². The first kappa shape index (κ1) is 10.7. The van der Waals surface area contributed by atoms with Crippen LogP contribution in [0.4, 0.5) is 0 Å². The molecule has 2 atom stereocenters. The van der Waals surface area contributed by atoms with Gasteiger partial charge in [-0.05, 0) is 26.0 Å². The van der Waals surface area contributed by atoms with Gasteiger partial charge in [-0.25, -0.2) is 0 Å². The molecule has 0 amide bonds. The van der Waals surface area contributed by atoms with E-state index in [0.717, 1.165) is 25.8 Å². The van der Waals surface area contributed by atoms with Gasteiger partial charge in [0.05, 0.1) is 18.6 Å². The molecule has 3 heteroatoms. The standard InChI is InChI=1S/C12H19NO2/c1-13(8-10-6-7-15-9-10)11-4-2-3-5-12(11)14/h6-7,9,11-12,14H,2-5,8H2,1H3/t11-,12-/m1/s1. The van der Waals surface area contributed by atoms with Crippen LogP contribution in [0.5, 0.6) is 0 Å². The van der Waals surface area contributed by atoms with Crippen LogP contribution in [0.1, 0.15) is 31.2 Å². The van der Waals surface area contributed by atoms with E-state index in [4.69, 9.17) is 4.42 Å². The van der Waals surface area contributed by atoms with Gasteiger partial charge in [0.15, 0.2) is 0 Å². The predicted molar refractivity (Wildman–Crippen MR) is 58.4 cm³/mol. The van der Waals surface area contributed by atoms with Crippen molar-refractivity contribution in [2.45, 2.75) is 44.4 Å². The summed E-state index contributed by atoms with van der Waals surface area (Å²) in [5.41, 5.74) is 1.18. The Balaban J connectivity index is 1.91. The fourth-order valence-corrected chi connectivity index (χ4v) is 2.39. The van der Waals surface area contributed by atoms with Gasteiger partial charge < -0.3 is 9.52 Å². The number of aliphatic hydroxyl groups excluding tert-OH is 1. The Labute approximate surface area is 90.7 Å². The maximum absolute atomic E-state index is 9.90. The molecule has 0 aliphatic heterocycles. The van der Waals surface area contributed by atoms with Crippen LogP contribution >= 0.6 is 0 Å². The molecule has 0 aromatic carbocycles. The highest BCUT2D eigenvalue weighted by atomic mass is 16.3. The molecule has 0 radical (unpaired) electrons.